The van der Waals surface area contributed by atoms with Gasteiger partial charge in [-0.05, 0) is 30.5 Å². The molecule has 118 valence electrons. The number of halogens is 2. The van der Waals surface area contributed by atoms with Crippen LogP contribution in [0, 0.1) is 17.1 Å². The van der Waals surface area contributed by atoms with E-state index in [0.29, 0.717) is 16.9 Å². The Morgan fingerprint density at radius 2 is 2.13 bits per heavy atom. The molecule has 6 heteroatoms. The molecule has 3 nitrogen and oxygen atoms in total. The summed E-state index contributed by atoms with van der Waals surface area (Å²) in [4.78, 5) is 0.789. The number of rotatable bonds is 3. The van der Waals surface area contributed by atoms with Gasteiger partial charge in [0.15, 0.2) is 0 Å². The molecule has 23 heavy (non-hydrogen) atoms. The second kappa shape index (κ2) is 6.19. The Bertz CT molecular complexity index is 804. The molecule has 0 saturated carbocycles. The zero-order valence-corrected chi connectivity index (χ0v) is 13.0. The number of thioether (sulfide) groups is 1. The molecule has 0 aliphatic heterocycles. The fourth-order valence-electron chi connectivity index (χ4n) is 2.73. The normalized spacial score (nSPS) is 19.3. The number of fused-ring (bicyclic) bond motifs is 1. The number of nitriles is 1. The third kappa shape index (κ3) is 2.90. The Morgan fingerprint density at radius 3 is 2.83 bits per heavy atom. The summed E-state index contributed by atoms with van der Waals surface area (Å²) in [5.74, 6) is -0.0521. The predicted molar refractivity (Wildman–Crippen MR) is 83.0 cm³/mol. The van der Waals surface area contributed by atoms with Gasteiger partial charge in [0.1, 0.15) is 29.6 Å². The van der Waals surface area contributed by atoms with Crippen LogP contribution in [0.4, 0.5) is 8.78 Å². The molecule has 1 N–H and O–H groups in total. The van der Waals surface area contributed by atoms with Crippen LogP contribution in [0.15, 0.2) is 35.2 Å². The van der Waals surface area contributed by atoms with Gasteiger partial charge in [0, 0.05) is 28.5 Å². The van der Waals surface area contributed by atoms with Crippen molar-refractivity contribution in [1.82, 2.24) is 0 Å². The van der Waals surface area contributed by atoms with Crippen molar-refractivity contribution in [3.05, 3.63) is 52.8 Å². The molecule has 2 atom stereocenters. The van der Waals surface area contributed by atoms with Crippen LogP contribution in [0.5, 0.6) is 11.5 Å². The van der Waals surface area contributed by atoms with Gasteiger partial charge in [-0.1, -0.05) is 0 Å². The number of aliphatic hydroxyl groups is 1. The van der Waals surface area contributed by atoms with Crippen molar-refractivity contribution < 1.29 is 18.6 Å². The number of benzene rings is 2. The van der Waals surface area contributed by atoms with E-state index in [1.165, 1.54) is 17.8 Å². The van der Waals surface area contributed by atoms with Crippen molar-refractivity contribution in [2.45, 2.75) is 23.6 Å². The summed E-state index contributed by atoms with van der Waals surface area (Å²) >= 11 is 1.42. The lowest BCUT2D eigenvalue weighted by molar-refractivity contribution is 0.0908. The highest BCUT2D eigenvalue weighted by Gasteiger charge is 2.35. The van der Waals surface area contributed by atoms with Crippen molar-refractivity contribution >= 4 is 11.8 Å². The first-order chi connectivity index (χ1) is 11.0. The van der Waals surface area contributed by atoms with Crippen LogP contribution in [0.2, 0.25) is 0 Å². The number of hydrogen-bond acceptors (Lipinski definition) is 4. The summed E-state index contributed by atoms with van der Waals surface area (Å²) in [5.41, 5.74) is 1.25. The minimum Gasteiger partial charge on any atom is -0.457 e. The van der Waals surface area contributed by atoms with Gasteiger partial charge in [0.2, 0.25) is 0 Å². The second-order valence-corrected chi connectivity index (χ2v) is 6.06. The highest BCUT2D eigenvalue weighted by atomic mass is 32.2. The minimum absolute atomic E-state index is 0.0423. The van der Waals surface area contributed by atoms with E-state index in [-0.39, 0.29) is 17.7 Å². The zero-order valence-electron chi connectivity index (χ0n) is 12.2. The lowest BCUT2D eigenvalue weighted by atomic mass is 10.1. The van der Waals surface area contributed by atoms with E-state index in [2.05, 4.69) is 0 Å². The maximum absolute atomic E-state index is 13.9. The third-order valence-electron chi connectivity index (χ3n) is 3.76. The average molecular weight is 333 g/mol. The quantitative estimate of drug-likeness (QED) is 0.858. The van der Waals surface area contributed by atoms with Gasteiger partial charge >= 0.3 is 0 Å². The van der Waals surface area contributed by atoms with Gasteiger partial charge in [-0.3, -0.25) is 0 Å². The molecular weight excluding hydrogens is 320 g/mol. The Labute approximate surface area is 136 Å². The average Bonchev–Trinajstić information content (AvgIpc) is 2.83. The van der Waals surface area contributed by atoms with Crippen LogP contribution in [-0.2, 0) is 6.42 Å². The molecule has 0 saturated heterocycles. The monoisotopic (exact) mass is 333 g/mol. The zero-order chi connectivity index (χ0) is 16.6. The highest BCUT2D eigenvalue weighted by molar-refractivity contribution is 7.98. The first-order valence-electron chi connectivity index (χ1n) is 6.94. The summed E-state index contributed by atoms with van der Waals surface area (Å²) < 4.78 is 33.1. The molecule has 0 bridgehead atoms. The largest absolute Gasteiger partial charge is 0.457 e. The molecule has 2 aromatic rings. The van der Waals surface area contributed by atoms with Gasteiger partial charge < -0.3 is 9.84 Å². The van der Waals surface area contributed by atoms with Gasteiger partial charge in [-0.2, -0.15) is 5.26 Å². The predicted octanol–water partition coefficient (Wildman–Crippen LogP) is 4.14. The van der Waals surface area contributed by atoms with E-state index in [1.54, 1.807) is 12.1 Å². The SMILES string of the molecule is CSc1ccc(Oc2cc(F)cc(C#N)c2)c2c1[C@H](O)[C@@H](F)C2. The summed E-state index contributed by atoms with van der Waals surface area (Å²) in [6, 6.07) is 8.95. The lowest BCUT2D eigenvalue weighted by Gasteiger charge is -2.14. The Kier molecular flexibility index (Phi) is 4.24. The molecule has 0 heterocycles. The highest BCUT2D eigenvalue weighted by Crippen LogP contribution is 2.44. The summed E-state index contributed by atoms with van der Waals surface area (Å²) in [6.07, 6.45) is -0.679. The smallest absolute Gasteiger partial charge is 0.134 e. The fourth-order valence-corrected chi connectivity index (χ4v) is 3.40. The van der Waals surface area contributed by atoms with E-state index in [9.17, 15) is 13.9 Å². The summed E-state index contributed by atoms with van der Waals surface area (Å²) in [5, 5.41) is 18.9. The summed E-state index contributed by atoms with van der Waals surface area (Å²) in [6.45, 7) is 0. The van der Waals surface area contributed by atoms with Crippen molar-refractivity contribution in [2.75, 3.05) is 6.26 Å². The molecule has 0 unspecified atom stereocenters. The first-order valence-corrected chi connectivity index (χ1v) is 8.16. The minimum atomic E-state index is -1.39. The standard InChI is InChI=1S/C17H13F2NO2S/c1-23-15-3-2-14(12-7-13(19)17(21)16(12)15)22-11-5-9(8-20)4-10(18)6-11/h2-6,13,17,21H,7H2,1H3/t13-,17+/m0/s1. The number of ether oxygens (including phenoxy) is 1. The maximum atomic E-state index is 13.9. The van der Waals surface area contributed by atoms with Crippen LogP contribution < -0.4 is 4.74 Å². The number of alkyl halides is 1. The van der Waals surface area contributed by atoms with Crippen molar-refractivity contribution in [1.29, 1.82) is 5.26 Å². The van der Waals surface area contributed by atoms with E-state index in [1.807, 2.05) is 12.3 Å². The molecule has 3 rings (SSSR count). The Hall–Kier alpha value is -2.10. The number of nitrogens with zero attached hydrogens (tertiary/aromatic N) is 1. The Morgan fingerprint density at radius 1 is 1.35 bits per heavy atom. The van der Waals surface area contributed by atoms with E-state index < -0.39 is 18.1 Å². The van der Waals surface area contributed by atoms with Crippen LogP contribution >= 0.6 is 11.8 Å². The van der Waals surface area contributed by atoms with Crippen LogP contribution in [0.1, 0.15) is 22.8 Å². The van der Waals surface area contributed by atoms with Gasteiger partial charge in [-0.25, -0.2) is 8.78 Å². The molecular formula is C17H13F2NO2S. The molecule has 1 aliphatic rings. The van der Waals surface area contributed by atoms with Crippen LogP contribution in [-0.4, -0.2) is 17.5 Å². The maximum Gasteiger partial charge on any atom is 0.134 e. The molecule has 0 radical (unpaired) electrons. The Balaban J connectivity index is 2.03. The molecule has 2 aromatic carbocycles. The fraction of sp³-hybridized carbons (Fsp3) is 0.235. The van der Waals surface area contributed by atoms with E-state index in [4.69, 9.17) is 10.00 Å². The van der Waals surface area contributed by atoms with Gasteiger partial charge in [0.05, 0.1) is 11.6 Å². The lowest BCUT2D eigenvalue weighted by Crippen LogP contribution is -2.06. The molecule has 0 fully saturated rings. The molecule has 0 spiro atoms. The van der Waals surface area contributed by atoms with Crippen molar-refractivity contribution in [3.8, 4) is 17.6 Å². The molecule has 0 amide bonds. The van der Waals surface area contributed by atoms with Crippen molar-refractivity contribution in [2.24, 2.45) is 0 Å². The first kappa shape index (κ1) is 15.8. The second-order valence-electron chi connectivity index (χ2n) is 5.21. The third-order valence-corrected chi connectivity index (χ3v) is 4.56. The molecule has 0 aromatic heterocycles. The van der Waals surface area contributed by atoms with Crippen molar-refractivity contribution in [3.63, 3.8) is 0 Å². The number of hydrogen-bond donors (Lipinski definition) is 1. The number of aliphatic hydroxyl groups excluding tert-OH is 1. The van der Waals surface area contributed by atoms with E-state index in [0.717, 1.165) is 17.0 Å². The summed E-state index contributed by atoms with van der Waals surface area (Å²) in [7, 11) is 0. The van der Waals surface area contributed by atoms with Gasteiger partial charge in [0.25, 0.3) is 0 Å². The van der Waals surface area contributed by atoms with Gasteiger partial charge in [-0.15, -0.1) is 11.8 Å². The van der Waals surface area contributed by atoms with E-state index >= 15 is 0 Å². The van der Waals surface area contributed by atoms with Crippen LogP contribution in [0.25, 0.3) is 0 Å². The molecule has 1 aliphatic carbocycles. The topological polar surface area (TPSA) is 53.2 Å². The van der Waals surface area contributed by atoms with Crippen LogP contribution in [0.3, 0.4) is 0 Å².